The van der Waals surface area contributed by atoms with Crippen LogP contribution < -0.4 is 24.7 Å². The molecule has 1 aliphatic rings. The number of aromatic hydroxyl groups is 1. The highest BCUT2D eigenvalue weighted by Crippen LogP contribution is 2.38. The highest BCUT2D eigenvalue weighted by molar-refractivity contribution is 6.62. The average Bonchev–Trinajstić information content (AvgIpc) is 3.61. The zero-order valence-electron chi connectivity index (χ0n) is 47.7. The molecule has 14 heteroatoms. The van der Waals surface area contributed by atoms with E-state index in [1.54, 1.807) is 54.7 Å². The number of amides is 2. The topological polar surface area (TPSA) is 149 Å². The summed E-state index contributed by atoms with van der Waals surface area (Å²) < 4.78 is 23.3. The van der Waals surface area contributed by atoms with Gasteiger partial charge in [0.05, 0.1) is 44.7 Å². The monoisotopic (exact) mass is 1050 g/mol. The summed E-state index contributed by atoms with van der Waals surface area (Å²) in [7, 11) is 2.83. The van der Waals surface area contributed by atoms with Crippen LogP contribution in [0.3, 0.4) is 0 Å². The molecular formula is C64H73BN6O7. The van der Waals surface area contributed by atoms with Crippen LogP contribution in [0.4, 0.5) is 11.6 Å². The maximum atomic E-state index is 13.8. The van der Waals surface area contributed by atoms with E-state index < -0.39 is 18.3 Å². The Morgan fingerprint density at radius 3 is 1.35 bits per heavy atom. The number of carbonyl (C=O) groups is 2. The number of anilines is 2. The number of rotatable bonds is 13. The minimum Gasteiger partial charge on any atom is -0.506 e. The van der Waals surface area contributed by atoms with Crippen LogP contribution in [0.15, 0.2) is 134 Å². The van der Waals surface area contributed by atoms with Gasteiger partial charge in [-0.3, -0.25) is 24.4 Å². The lowest BCUT2D eigenvalue weighted by molar-refractivity contribution is -0.121. The summed E-state index contributed by atoms with van der Waals surface area (Å²) in [4.78, 5) is 49.1. The van der Waals surface area contributed by atoms with Crippen molar-refractivity contribution in [2.45, 2.75) is 120 Å². The number of pyridine rings is 4. The Morgan fingerprint density at radius 1 is 0.551 bits per heavy atom. The van der Waals surface area contributed by atoms with Crippen LogP contribution in [0.2, 0.25) is 0 Å². The summed E-state index contributed by atoms with van der Waals surface area (Å²) in [6.45, 7) is 25.3. The Bertz CT molecular complexity index is 3440. The van der Waals surface area contributed by atoms with Gasteiger partial charge in [-0.1, -0.05) is 108 Å². The molecule has 13 nitrogen and oxygen atoms in total. The van der Waals surface area contributed by atoms with E-state index in [4.69, 9.17) is 23.8 Å². The molecule has 4 aromatic heterocycles. The molecule has 0 atom stereocenters. The highest BCUT2D eigenvalue weighted by Gasteiger charge is 2.52. The number of fused-ring (bicyclic) bond motifs is 2. The summed E-state index contributed by atoms with van der Waals surface area (Å²) in [5.41, 5.74) is 9.37. The maximum absolute atomic E-state index is 13.8. The molecule has 8 aromatic rings. The van der Waals surface area contributed by atoms with Crippen molar-refractivity contribution in [2.75, 3.05) is 24.0 Å². The first-order chi connectivity index (χ1) is 36.8. The number of carbonyl (C=O) groups excluding carboxylic acids is 2. The van der Waals surface area contributed by atoms with Crippen LogP contribution in [0.1, 0.15) is 104 Å². The molecule has 78 heavy (non-hydrogen) atoms. The van der Waals surface area contributed by atoms with Gasteiger partial charge in [0.15, 0.2) is 11.6 Å². The number of aromatic nitrogens is 4. The van der Waals surface area contributed by atoms with Crippen LogP contribution in [-0.4, -0.2) is 69.4 Å². The number of benzene rings is 4. The Balaban J connectivity index is 0.000000210. The van der Waals surface area contributed by atoms with Crippen molar-refractivity contribution in [3.63, 3.8) is 0 Å². The minimum atomic E-state index is -0.523. The predicted molar refractivity (Wildman–Crippen MR) is 313 cm³/mol. The van der Waals surface area contributed by atoms with Gasteiger partial charge in [-0.05, 0) is 139 Å². The fourth-order valence-corrected chi connectivity index (χ4v) is 9.35. The van der Waals surface area contributed by atoms with E-state index in [-0.39, 0.29) is 28.4 Å². The molecule has 0 aliphatic carbocycles. The van der Waals surface area contributed by atoms with Crippen molar-refractivity contribution in [1.29, 1.82) is 0 Å². The van der Waals surface area contributed by atoms with E-state index >= 15 is 0 Å². The number of hydrogen-bond donors (Lipinski definition) is 1. The first kappa shape index (κ1) is 56.5. The molecule has 0 saturated carbocycles. The highest BCUT2D eigenvalue weighted by atomic mass is 16.7. The Hall–Kier alpha value is -7.68. The number of methoxy groups -OCH3 is 2. The van der Waals surface area contributed by atoms with Crippen molar-refractivity contribution in [3.05, 3.63) is 156 Å². The molecule has 9 rings (SSSR count). The molecule has 4 aromatic carbocycles. The quantitative estimate of drug-likeness (QED) is 0.110. The van der Waals surface area contributed by atoms with Crippen molar-refractivity contribution in [2.24, 2.45) is 10.8 Å². The number of nitrogens with zero attached hydrogens (tertiary/aromatic N) is 6. The van der Waals surface area contributed by atoms with E-state index in [9.17, 15) is 14.7 Å². The Labute approximate surface area is 460 Å². The third-order valence-electron chi connectivity index (χ3n) is 14.2. The zero-order chi connectivity index (χ0) is 56.3. The molecule has 0 radical (unpaired) electrons. The standard InChI is InChI=1S/C35H42BN3O4.C29H31N3O3/c1-23-18-26(14-15-29(23)41-9)25-12-10-24(11-13-25)22-39(30(40)20-33(2,3)4)32-31-27(16-17-37-32)19-28(21-38-31)36-42-34(5,6)35(7,8)43-36;1-19-14-22(10-11-25(19)35-5)21-8-6-20(7-9-21)18-32(26(34)16-29(2,3)4)28-27-23(12-13-30-28)15-24(33)17-31-27/h10-19,21H,20,22H2,1-9H3;6-15,17,33H,16,18H2,1-5H3. The molecule has 1 saturated heterocycles. The first-order valence-electron chi connectivity index (χ1n) is 26.4. The second-order valence-corrected chi connectivity index (χ2v) is 23.7. The van der Waals surface area contributed by atoms with Crippen LogP contribution in [-0.2, 0) is 32.0 Å². The predicted octanol–water partition coefficient (Wildman–Crippen LogP) is 13.2. The van der Waals surface area contributed by atoms with Gasteiger partial charge in [0, 0.05) is 47.7 Å². The van der Waals surface area contributed by atoms with Gasteiger partial charge < -0.3 is 23.9 Å². The SMILES string of the molecule is COc1ccc(-c2ccc(CN(C(=O)CC(C)(C)C)c3nccc4cc(B5OC(C)(C)C(C)(C)O5)cnc34)cc2)cc1C.COc1ccc(-c2ccc(CN(C(=O)CC(C)(C)C)c3nccc4cc(O)cnc34)cc2)cc1C. The van der Waals surface area contributed by atoms with Crippen molar-refractivity contribution in [1.82, 2.24) is 19.9 Å². The molecule has 404 valence electrons. The third-order valence-corrected chi connectivity index (χ3v) is 14.2. The lowest BCUT2D eigenvalue weighted by Gasteiger charge is -2.32. The van der Waals surface area contributed by atoms with E-state index in [1.807, 2.05) is 105 Å². The first-order valence-corrected chi connectivity index (χ1v) is 26.4. The van der Waals surface area contributed by atoms with Gasteiger partial charge in [0.2, 0.25) is 11.8 Å². The molecular weight excluding hydrogens is 976 g/mol. The van der Waals surface area contributed by atoms with E-state index in [0.717, 1.165) is 72.2 Å². The average molecular weight is 1050 g/mol. The molecule has 0 bridgehead atoms. The largest absolute Gasteiger partial charge is 0.506 e. The molecule has 1 N–H and O–H groups in total. The fourth-order valence-electron chi connectivity index (χ4n) is 9.35. The summed E-state index contributed by atoms with van der Waals surface area (Å²) in [6, 6.07) is 36.2. The number of aryl methyl sites for hydroxylation is 2. The molecule has 0 unspecified atom stereocenters. The molecule has 1 aliphatic heterocycles. The van der Waals surface area contributed by atoms with E-state index in [0.29, 0.717) is 48.6 Å². The summed E-state index contributed by atoms with van der Waals surface area (Å²) in [5, 5.41) is 11.5. The normalized spacial score (nSPS) is 13.9. The number of hydrogen-bond acceptors (Lipinski definition) is 11. The Kier molecular flexibility index (Phi) is 16.5. The molecule has 0 spiro atoms. The van der Waals surface area contributed by atoms with E-state index in [1.165, 1.54) is 6.20 Å². The lowest BCUT2D eigenvalue weighted by atomic mass is 9.80. The van der Waals surface area contributed by atoms with Crippen molar-refractivity contribution < 1.29 is 33.5 Å². The van der Waals surface area contributed by atoms with Gasteiger partial charge in [-0.15, -0.1) is 0 Å². The van der Waals surface area contributed by atoms with Gasteiger partial charge >= 0.3 is 7.12 Å². The van der Waals surface area contributed by atoms with Crippen LogP contribution in [0.25, 0.3) is 44.1 Å². The molecule has 1 fully saturated rings. The van der Waals surface area contributed by atoms with E-state index in [2.05, 4.69) is 90.3 Å². The fraction of sp³-hybridized carbons (Fsp3) is 0.344. The maximum Gasteiger partial charge on any atom is 0.496 e. The second kappa shape index (κ2) is 22.7. The van der Waals surface area contributed by atoms with Crippen LogP contribution >= 0.6 is 0 Å². The second-order valence-electron chi connectivity index (χ2n) is 23.7. The van der Waals surface area contributed by atoms with Gasteiger partial charge in [-0.25, -0.2) is 15.0 Å². The smallest absolute Gasteiger partial charge is 0.496 e. The van der Waals surface area contributed by atoms with Gasteiger partial charge in [-0.2, -0.15) is 0 Å². The van der Waals surface area contributed by atoms with Gasteiger partial charge in [0.25, 0.3) is 0 Å². The lowest BCUT2D eigenvalue weighted by Crippen LogP contribution is -2.41. The Morgan fingerprint density at radius 2 is 0.949 bits per heavy atom. The minimum absolute atomic E-state index is 0.000749. The van der Waals surface area contributed by atoms with Crippen LogP contribution in [0.5, 0.6) is 17.2 Å². The van der Waals surface area contributed by atoms with Crippen LogP contribution in [0, 0.1) is 24.7 Å². The third kappa shape index (κ3) is 13.2. The molecule has 2 amide bonds. The summed E-state index contributed by atoms with van der Waals surface area (Å²) in [6.07, 6.45) is 7.27. The number of ether oxygens (including phenoxy) is 2. The van der Waals surface area contributed by atoms with Crippen molar-refractivity contribution in [3.8, 4) is 39.5 Å². The van der Waals surface area contributed by atoms with Crippen molar-refractivity contribution >= 4 is 57.8 Å². The van der Waals surface area contributed by atoms with Gasteiger partial charge in [0.1, 0.15) is 28.3 Å². The zero-order valence-corrected chi connectivity index (χ0v) is 47.7. The summed E-state index contributed by atoms with van der Waals surface area (Å²) >= 11 is 0. The molecule has 5 heterocycles. The summed E-state index contributed by atoms with van der Waals surface area (Å²) in [5.74, 6) is 2.82.